The molecule has 0 aliphatic heterocycles. The summed E-state index contributed by atoms with van der Waals surface area (Å²) < 4.78 is 24.9. The van der Waals surface area contributed by atoms with E-state index in [1.165, 1.54) is 12.1 Å². The minimum absolute atomic E-state index is 0.292. The molecule has 0 fully saturated rings. The molecule has 1 N–H and O–H groups in total. The molecule has 0 aliphatic carbocycles. The topological polar surface area (TPSA) is 80.3 Å². The first-order chi connectivity index (χ1) is 11.2. The first-order valence-corrected chi connectivity index (χ1v) is 9.72. The van der Waals surface area contributed by atoms with Crippen molar-refractivity contribution in [1.82, 2.24) is 0 Å². The van der Waals surface area contributed by atoms with Gasteiger partial charge in [-0.2, -0.15) is 0 Å². The first kappa shape index (κ1) is 18.4. The molecule has 2 rings (SSSR count). The van der Waals surface area contributed by atoms with E-state index in [0.29, 0.717) is 11.3 Å². The third kappa shape index (κ3) is 5.58. The molecule has 126 valence electrons. The molecule has 0 aliphatic rings. The maximum atomic E-state index is 12.1. The van der Waals surface area contributed by atoms with Crippen molar-refractivity contribution in [3.8, 4) is 0 Å². The maximum Gasteiger partial charge on any atom is 0.239 e. The predicted octanol–water partition coefficient (Wildman–Crippen LogP) is 2.99. The summed E-state index contributed by atoms with van der Waals surface area (Å²) in [6.07, 6.45) is 0. The van der Waals surface area contributed by atoms with E-state index in [4.69, 9.17) is 0 Å². The van der Waals surface area contributed by atoms with Crippen LogP contribution in [0.4, 0.5) is 5.69 Å². The van der Waals surface area contributed by atoms with E-state index < -0.39 is 33.0 Å². The SMILES string of the molecule is Cc1cccc(NC(=O)CS(=O)(=O)CC(=O)c2ccc(Br)cc2)c1. The van der Waals surface area contributed by atoms with Gasteiger partial charge in [-0.1, -0.05) is 40.2 Å². The van der Waals surface area contributed by atoms with Gasteiger partial charge in [-0.3, -0.25) is 9.59 Å². The van der Waals surface area contributed by atoms with Gasteiger partial charge in [-0.05, 0) is 36.8 Å². The van der Waals surface area contributed by atoms with E-state index in [1.807, 2.05) is 13.0 Å². The number of halogens is 1. The van der Waals surface area contributed by atoms with Gasteiger partial charge in [0.05, 0.1) is 0 Å². The standard InChI is InChI=1S/C17H16BrNO4S/c1-12-3-2-4-15(9-12)19-17(21)11-24(22,23)10-16(20)13-5-7-14(18)8-6-13/h2-9H,10-11H2,1H3,(H,19,21). The zero-order valence-electron chi connectivity index (χ0n) is 13.0. The molecule has 7 heteroatoms. The number of anilines is 1. The summed E-state index contributed by atoms with van der Waals surface area (Å²) in [5.74, 6) is -2.63. The Morgan fingerprint density at radius 2 is 1.71 bits per heavy atom. The average Bonchev–Trinajstić information content (AvgIpc) is 2.46. The number of hydrogen-bond donors (Lipinski definition) is 1. The Labute approximate surface area is 149 Å². The van der Waals surface area contributed by atoms with Gasteiger partial charge in [0.25, 0.3) is 0 Å². The van der Waals surface area contributed by atoms with Crippen LogP contribution in [-0.2, 0) is 14.6 Å². The minimum atomic E-state index is -3.84. The Morgan fingerprint density at radius 1 is 1.04 bits per heavy atom. The molecule has 0 atom stereocenters. The van der Waals surface area contributed by atoms with Gasteiger partial charge in [-0.15, -0.1) is 0 Å². The summed E-state index contributed by atoms with van der Waals surface area (Å²) in [4.78, 5) is 23.9. The Bertz CT molecular complexity index is 860. The number of carbonyl (C=O) groups excluding carboxylic acids is 2. The van der Waals surface area contributed by atoms with Gasteiger partial charge >= 0.3 is 0 Å². The third-order valence-corrected chi connectivity index (χ3v) is 5.10. The van der Waals surface area contributed by atoms with Crippen LogP contribution in [0.25, 0.3) is 0 Å². The molecule has 5 nitrogen and oxygen atoms in total. The van der Waals surface area contributed by atoms with Crippen molar-refractivity contribution in [1.29, 1.82) is 0 Å². The van der Waals surface area contributed by atoms with E-state index in [1.54, 1.807) is 30.3 Å². The Kier molecular flexibility index (Phi) is 5.90. The number of benzene rings is 2. The summed E-state index contributed by atoms with van der Waals surface area (Å²) in [6.45, 7) is 1.86. The molecule has 0 saturated heterocycles. The van der Waals surface area contributed by atoms with Crippen LogP contribution in [0.1, 0.15) is 15.9 Å². The molecule has 0 bridgehead atoms. The molecule has 0 unspecified atom stereocenters. The zero-order valence-corrected chi connectivity index (χ0v) is 15.4. The molecule has 2 aromatic carbocycles. The summed E-state index contributed by atoms with van der Waals surface area (Å²) in [5.41, 5.74) is 1.76. The average molecular weight is 410 g/mol. The highest BCUT2D eigenvalue weighted by atomic mass is 79.9. The molecule has 0 spiro atoms. The largest absolute Gasteiger partial charge is 0.325 e. The predicted molar refractivity (Wildman–Crippen MR) is 96.9 cm³/mol. The molecule has 0 aromatic heterocycles. The fourth-order valence-corrected chi connectivity index (χ4v) is 3.49. The van der Waals surface area contributed by atoms with Gasteiger partial charge in [0.1, 0.15) is 11.5 Å². The Balaban J connectivity index is 1.98. The molecular weight excluding hydrogens is 394 g/mol. The monoisotopic (exact) mass is 409 g/mol. The Morgan fingerprint density at radius 3 is 2.33 bits per heavy atom. The number of hydrogen-bond acceptors (Lipinski definition) is 4. The summed E-state index contributed by atoms with van der Waals surface area (Å²) >= 11 is 3.24. The van der Waals surface area contributed by atoms with Crippen molar-refractivity contribution in [2.24, 2.45) is 0 Å². The second-order valence-electron chi connectivity index (χ2n) is 5.38. The van der Waals surface area contributed by atoms with E-state index in [-0.39, 0.29) is 0 Å². The van der Waals surface area contributed by atoms with Crippen LogP contribution >= 0.6 is 15.9 Å². The van der Waals surface area contributed by atoms with Crippen molar-refractivity contribution in [3.05, 3.63) is 64.1 Å². The number of sulfone groups is 1. The van der Waals surface area contributed by atoms with Gasteiger partial charge < -0.3 is 5.32 Å². The molecule has 2 aromatic rings. The lowest BCUT2D eigenvalue weighted by atomic mass is 10.2. The van der Waals surface area contributed by atoms with Crippen LogP contribution in [0.5, 0.6) is 0 Å². The van der Waals surface area contributed by atoms with Gasteiger partial charge in [-0.25, -0.2) is 8.42 Å². The number of carbonyl (C=O) groups is 2. The normalized spacial score (nSPS) is 11.1. The highest BCUT2D eigenvalue weighted by Gasteiger charge is 2.21. The first-order valence-electron chi connectivity index (χ1n) is 7.11. The lowest BCUT2D eigenvalue weighted by molar-refractivity contribution is -0.113. The second-order valence-corrected chi connectivity index (χ2v) is 8.36. The number of aryl methyl sites for hydroxylation is 1. The number of ketones is 1. The number of Topliss-reactive ketones (excluding diaryl/α,β-unsaturated/α-hetero) is 1. The van der Waals surface area contributed by atoms with E-state index in [9.17, 15) is 18.0 Å². The van der Waals surface area contributed by atoms with Crippen LogP contribution < -0.4 is 5.32 Å². The van der Waals surface area contributed by atoms with E-state index in [0.717, 1.165) is 10.0 Å². The minimum Gasteiger partial charge on any atom is -0.325 e. The third-order valence-electron chi connectivity index (χ3n) is 3.17. The highest BCUT2D eigenvalue weighted by molar-refractivity contribution is 9.10. The van der Waals surface area contributed by atoms with Crippen LogP contribution in [0.15, 0.2) is 53.0 Å². The van der Waals surface area contributed by atoms with Crippen LogP contribution in [0.2, 0.25) is 0 Å². The van der Waals surface area contributed by atoms with Crippen molar-refractivity contribution < 1.29 is 18.0 Å². The van der Waals surface area contributed by atoms with Gasteiger partial charge in [0.2, 0.25) is 5.91 Å². The molecule has 1 amide bonds. The lowest BCUT2D eigenvalue weighted by Crippen LogP contribution is -2.27. The molecule has 0 radical (unpaired) electrons. The zero-order chi connectivity index (χ0) is 17.7. The molecule has 24 heavy (non-hydrogen) atoms. The van der Waals surface area contributed by atoms with E-state index in [2.05, 4.69) is 21.2 Å². The van der Waals surface area contributed by atoms with Crippen LogP contribution in [0, 0.1) is 6.92 Å². The van der Waals surface area contributed by atoms with Crippen LogP contribution in [-0.4, -0.2) is 31.6 Å². The number of amides is 1. The quantitative estimate of drug-likeness (QED) is 0.743. The summed E-state index contributed by atoms with van der Waals surface area (Å²) in [7, 11) is -3.84. The van der Waals surface area contributed by atoms with Crippen molar-refractivity contribution in [2.45, 2.75) is 6.92 Å². The Hall–Kier alpha value is -1.99. The molecule has 0 saturated carbocycles. The summed E-state index contributed by atoms with van der Waals surface area (Å²) in [5, 5.41) is 2.52. The van der Waals surface area contributed by atoms with Gasteiger partial charge in [0, 0.05) is 15.7 Å². The van der Waals surface area contributed by atoms with Crippen molar-refractivity contribution in [3.63, 3.8) is 0 Å². The van der Waals surface area contributed by atoms with E-state index >= 15 is 0 Å². The summed E-state index contributed by atoms with van der Waals surface area (Å²) in [6, 6.07) is 13.4. The maximum absolute atomic E-state index is 12.1. The highest BCUT2D eigenvalue weighted by Crippen LogP contribution is 2.12. The second kappa shape index (κ2) is 7.72. The molecule has 0 heterocycles. The smallest absolute Gasteiger partial charge is 0.239 e. The number of nitrogens with one attached hydrogen (secondary N) is 1. The fourth-order valence-electron chi connectivity index (χ4n) is 2.09. The molecular formula is C17H16BrNO4S. The van der Waals surface area contributed by atoms with Crippen LogP contribution in [0.3, 0.4) is 0 Å². The van der Waals surface area contributed by atoms with Crippen molar-refractivity contribution >= 4 is 43.1 Å². The lowest BCUT2D eigenvalue weighted by Gasteiger charge is -2.07. The fraction of sp³-hybridized carbons (Fsp3) is 0.176. The van der Waals surface area contributed by atoms with Crippen molar-refractivity contribution in [2.75, 3.05) is 16.8 Å². The number of rotatable bonds is 6. The van der Waals surface area contributed by atoms with Gasteiger partial charge in [0.15, 0.2) is 15.6 Å².